The molecule has 1 amide bonds. The minimum atomic E-state index is 0. The van der Waals surface area contributed by atoms with Crippen LogP contribution in [0.25, 0.3) is 0 Å². The topological polar surface area (TPSA) is 49.6 Å². The Morgan fingerprint density at radius 2 is 1.91 bits per heavy atom. The van der Waals surface area contributed by atoms with E-state index in [4.69, 9.17) is 5.73 Å². The van der Waals surface area contributed by atoms with Gasteiger partial charge >= 0.3 is 0 Å². The van der Waals surface area contributed by atoms with Crippen molar-refractivity contribution < 1.29 is 4.79 Å². The molecule has 5 heteroatoms. The first kappa shape index (κ1) is 19.8. The normalized spacial score (nSPS) is 15.5. The molecule has 1 aromatic carbocycles. The van der Waals surface area contributed by atoms with Gasteiger partial charge in [-0.2, -0.15) is 0 Å². The fraction of sp³-hybridized carbons (Fsp3) is 0.611. The summed E-state index contributed by atoms with van der Waals surface area (Å²) in [5, 5.41) is 0. The largest absolute Gasteiger partial charge is 0.399 e. The van der Waals surface area contributed by atoms with E-state index in [1.54, 1.807) is 0 Å². The summed E-state index contributed by atoms with van der Waals surface area (Å²) >= 11 is 0. The third-order valence-corrected chi connectivity index (χ3v) is 4.68. The molecule has 2 rings (SSSR count). The van der Waals surface area contributed by atoms with Crippen LogP contribution in [0.5, 0.6) is 0 Å². The number of amides is 1. The summed E-state index contributed by atoms with van der Waals surface area (Å²) in [4.78, 5) is 16.9. The third-order valence-electron chi connectivity index (χ3n) is 4.68. The first-order chi connectivity index (χ1) is 10.6. The van der Waals surface area contributed by atoms with E-state index in [1.807, 2.05) is 29.2 Å². The summed E-state index contributed by atoms with van der Waals surface area (Å²) in [7, 11) is 0. The highest BCUT2D eigenvalue weighted by atomic mass is 35.5. The molecule has 0 saturated carbocycles. The van der Waals surface area contributed by atoms with Gasteiger partial charge < -0.3 is 15.5 Å². The van der Waals surface area contributed by atoms with Crippen molar-refractivity contribution in [3.63, 3.8) is 0 Å². The number of carbonyl (C=O) groups is 1. The number of piperidine rings is 1. The summed E-state index contributed by atoms with van der Waals surface area (Å²) in [6.45, 7) is 9.63. The van der Waals surface area contributed by atoms with Gasteiger partial charge in [0.1, 0.15) is 0 Å². The number of nitrogens with zero attached hydrogens (tertiary/aromatic N) is 2. The van der Waals surface area contributed by atoms with E-state index in [2.05, 4.69) is 18.7 Å². The molecule has 130 valence electrons. The molecule has 0 radical (unpaired) electrons. The quantitative estimate of drug-likeness (QED) is 0.811. The summed E-state index contributed by atoms with van der Waals surface area (Å²) in [6, 6.07) is 7.63. The van der Waals surface area contributed by atoms with Gasteiger partial charge in [-0.25, -0.2) is 0 Å². The fourth-order valence-corrected chi connectivity index (χ4v) is 3.20. The van der Waals surface area contributed by atoms with E-state index < -0.39 is 0 Å². The Hall–Kier alpha value is -1.26. The van der Waals surface area contributed by atoms with E-state index in [1.165, 1.54) is 6.54 Å². The molecule has 1 aromatic rings. The average Bonchev–Trinajstić information content (AvgIpc) is 2.53. The van der Waals surface area contributed by atoms with Crippen LogP contribution >= 0.6 is 12.4 Å². The van der Waals surface area contributed by atoms with Gasteiger partial charge in [-0.3, -0.25) is 4.79 Å². The lowest BCUT2D eigenvalue weighted by molar-refractivity contribution is -0.131. The predicted molar refractivity (Wildman–Crippen MR) is 98.9 cm³/mol. The highest BCUT2D eigenvalue weighted by Gasteiger charge is 2.23. The molecule has 0 unspecified atom stereocenters. The number of carbonyl (C=O) groups excluding carboxylic acids is 1. The summed E-state index contributed by atoms with van der Waals surface area (Å²) < 4.78 is 0. The number of hydrogen-bond acceptors (Lipinski definition) is 3. The van der Waals surface area contributed by atoms with E-state index in [9.17, 15) is 4.79 Å². The lowest BCUT2D eigenvalue weighted by Gasteiger charge is -2.34. The Morgan fingerprint density at radius 3 is 2.48 bits per heavy atom. The maximum Gasteiger partial charge on any atom is 0.226 e. The second-order valence-electron chi connectivity index (χ2n) is 6.23. The Labute approximate surface area is 146 Å². The predicted octanol–water partition coefficient (Wildman–Crippen LogP) is 2.81. The Balaban J connectivity index is 0.00000264. The van der Waals surface area contributed by atoms with Gasteiger partial charge in [0.15, 0.2) is 0 Å². The smallest absolute Gasteiger partial charge is 0.226 e. The van der Waals surface area contributed by atoms with Crippen LogP contribution < -0.4 is 5.73 Å². The van der Waals surface area contributed by atoms with Crippen LogP contribution in [0, 0.1) is 5.92 Å². The molecule has 0 aliphatic carbocycles. The SMILES string of the molecule is CCN(CC)CC1CCN(C(=O)Cc2cccc(N)c2)CC1.Cl. The first-order valence-corrected chi connectivity index (χ1v) is 8.46. The van der Waals surface area contributed by atoms with Gasteiger partial charge in [-0.05, 0) is 49.5 Å². The van der Waals surface area contributed by atoms with Gasteiger partial charge in [-0.15, -0.1) is 12.4 Å². The van der Waals surface area contributed by atoms with Gasteiger partial charge in [0.25, 0.3) is 0 Å². The summed E-state index contributed by atoms with van der Waals surface area (Å²) in [6.07, 6.45) is 2.71. The number of rotatable bonds is 6. The molecule has 2 N–H and O–H groups in total. The maximum absolute atomic E-state index is 12.4. The van der Waals surface area contributed by atoms with E-state index in [-0.39, 0.29) is 18.3 Å². The minimum absolute atomic E-state index is 0. The number of benzene rings is 1. The highest BCUT2D eigenvalue weighted by Crippen LogP contribution is 2.19. The van der Waals surface area contributed by atoms with Crippen LogP contribution in [0.4, 0.5) is 5.69 Å². The summed E-state index contributed by atoms with van der Waals surface area (Å²) in [5.74, 6) is 0.961. The van der Waals surface area contributed by atoms with Crippen LogP contribution in [0.2, 0.25) is 0 Å². The zero-order valence-electron chi connectivity index (χ0n) is 14.3. The second kappa shape index (κ2) is 9.78. The molecule has 0 bridgehead atoms. The van der Waals surface area contributed by atoms with Crippen molar-refractivity contribution in [3.8, 4) is 0 Å². The molecule has 1 saturated heterocycles. The molecular formula is C18H30ClN3O. The van der Waals surface area contributed by atoms with Crippen LogP contribution in [0.3, 0.4) is 0 Å². The van der Waals surface area contributed by atoms with Gasteiger partial charge in [-0.1, -0.05) is 26.0 Å². The Kier molecular flexibility index (Phi) is 8.42. The standard InChI is InChI=1S/C18H29N3O.ClH/c1-3-20(4-2)14-15-8-10-21(11-9-15)18(22)13-16-6-5-7-17(19)12-16;/h5-7,12,15H,3-4,8-11,13-14,19H2,1-2H3;1H. The zero-order valence-corrected chi connectivity index (χ0v) is 15.1. The Morgan fingerprint density at radius 1 is 1.26 bits per heavy atom. The molecule has 1 fully saturated rings. The molecule has 0 spiro atoms. The molecule has 23 heavy (non-hydrogen) atoms. The summed E-state index contributed by atoms with van der Waals surface area (Å²) in [5.41, 5.74) is 7.51. The number of halogens is 1. The van der Waals surface area contributed by atoms with E-state index in [0.717, 1.165) is 56.2 Å². The Bertz CT molecular complexity index is 483. The number of hydrogen-bond donors (Lipinski definition) is 1. The van der Waals surface area contributed by atoms with E-state index >= 15 is 0 Å². The maximum atomic E-state index is 12.4. The van der Waals surface area contributed by atoms with Crippen molar-refractivity contribution in [2.75, 3.05) is 38.5 Å². The lowest BCUT2D eigenvalue weighted by atomic mass is 9.95. The average molecular weight is 340 g/mol. The second-order valence-corrected chi connectivity index (χ2v) is 6.23. The fourth-order valence-electron chi connectivity index (χ4n) is 3.20. The number of nitrogens with two attached hydrogens (primary N) is 1. The first-order valence-electron chi connectivity index (χ1n) is 8.46. The zero-order chi connectivity index (χ0) is 15.9. The molecular weight excluding hydrogens is 310 g/mol. The van der Waals surface area contributed by atoms with Gasteiger partial charge in [0.2, 0.25) is 5.91 Å². The van der Waals surface area contributed by atoms with Crippen LogP contribution in [0.1, 0.15) is 32.3 Å². The van der Waals surface area contributed by atoms with Crippen molar-refractivity contribution >= 4 is 24.0 Å². The van der Waals surface area contributed by atoms with Crippen LogP contribution in [0.15, 0.2) is 24.3 Å². The van der Waals surface area contributed by atoms with Crippen molar-refractivity contribution in [1.82, 2.24) is 9.80 Å². The molecule has 4 nitrogen and oxygen atoms in total. The number of anilines is 1. The molecule has 1 aliphatic heterocycles. The van der Waals surface area contributed by atoms with Crippen molar-refractivity contribution in [1.29, 1.82) is 0 Å². The van der Waals surface area contributed by atoms with Gasteiger partial charge in [0, 0.05) is 25.3 Å². The number of likely N-dealkylation sites (tertiary alicyclic amines) is 1. The van der Waals surface area contributed by atoms with Crippen LogP contribution in [-0.2, 0) is 11.2 Å². The van der Waals surface area contributed by atoms with Crippen molar-refractivity contribution in [2.45, 2.75) is 33.1 Å². The van der Waals surface area contributed by atoms with Crippen molar-refractivity contribution in [3.05, 3.63) is 29.8 Å². The highest BCUT2D eigenvalue weighted by molar-refractivity contribution is 5.85. The molecule has 1 aliphatic rings. The monoisotopic (exact) mass is 339 g/mol. The molecule has 0 aromatic heterocycles. The minimum Gasteiger partial charge on any atom is -0.399 e. The third kappa shape index (κ3) is 6.04. The lowest BCUT2D eigenvalue weighted by Crippen LogP contribution is -2.42. The van der Waals surface area contributed by atoms with Crippen LogP contribution in [-0.4, -0.2) is 48.4 Å². The van der Waals surface area contributed by atoms with Gasteiger partial charge in [0.05, 0.1) is 6.42 Å². The molecule has 1 heterocycles. The van der Waals surface area contributed by atoms with E-state index in [0.29, 0.717) is 6.42 Å². The molecule has 0 atom stereocenters. The van der Waals surface area contributed by atoms with Crippen molar-refractivity contribution in [2.24, 2.45) is 5.92 Å². The number of nitrogen functional groups attached to an aromatic ring is 1.